The number of carboxylic acids is 1. The minimum Gasteiger partial charge on any atom is -0.550 e. The number of carboxylic acid groups (broad SMARTS) is 1. The van der Waals surface area contributed by atoms with Gasteiger partial charge >= 0.3 is 29.6 Å². The number of hydrogen-bond donors (Lipinski definition) is 1. The molecule has 1 N–H and O–H groups in total. The predicted octanol–water partition coefficient (Wildman–Crippen LogP) is -2.98. The fraction of sp³-hybridized carbons (Fsp3) is 0.800. The third kappa shape index (κ3) is 9.98. The third-order valence-corrected chi connectivity index (χ3v) is 3.90. The van der Waals surface area contributed by atoms with Crippen molar-refractivity contribution in [1.29, 1.82) is 0 Å². The molecule has 5 nitrogen and oxygen atoms in total. The molecule has 0 aliphatic rings. The summed E-state index contributed by atoms with van der Waals surface area (Å²) in [6.07, 6.45) is 2.10. The zero-order valence-corrected chi connectivity index (χ0v) is 13.4. The van der Waals surface area contributed by atoms with Crippen LogP contribution in [0.4, 0.5) is 0 Å². The molecule has 94 valence electrons. The molecule has 0 spiro atoms. The van der Waals surface area contributed by atoms with Gasteiger partial charge in [-0.1, -0.05) is 13.3 Å². The Morgan fingerprint density at radius 3 is 2.35 bits per heavy atom. The van der Waals surface area contributed by atoms with Crippen molar-refractivity contribution in [2.75, 3.05) is 12.8 Å². The summed E-state index contributed by atoms with van der Waals surface area (Å²) in [6.45, 7) is 1.46. The molecule has 0 saturated heterocycles. The molecular formula is C10H18NaO5P. The van der Waals surface area contributed by atoms with E-state index in [0.717, 1.165) is 6.42 Å². The molecule has 0 aromatic carbocycles. The van der Waals surface area contributed by atoms with Crippen molar-refractivity contribution < 1.29 is 53.9 Å². The van der Waals surface area contributed by atoms with Crippen molar-refractivity contribution in [2.24, 2.45) is 5.92 Å². The molecule has 0 aromatic rings. The molecule has 0 rings (SSSR count). The average Bonchev–Trinajstić information content (AvgIpc) is 2.23. The number of aliphatic hydroxyl groups excluding tert-OH is 1. The Labute approximate surface area is 124 Å². The Bertz CT molecular complexity index is 269. The SMILES string of the molecule is CC(CC(=O)[PH](=O)CCCCCO)C(=O)[O-].[Na+]. The normalized spacial score (nSPS) is 13.5. The van der Waals surface area contributed by atoms with Crippen molar-refractivity contribution in [3.8, 4) is 0 Å². The Hall–Kier alpha value is 0.330. The first kappa shape index (κ1) is 19.7. The van der Waals surface area contributed by atoms with Gasteiger partial charge in [0.25, 0.3) is 0 Å². The number of aliphatic hydroxyl groups is 1. The van der Waals surface area contributed by atoms with Crippen LogP contribution in [0.1, 0.15) is 32.6 Å². The molecular weight excluding hydrogens is 254 g/mol. The fourth-order valence-electron chi connectivity index (χ4n) is 1.19. The van der Waals surface area contributed by atoms with E-state index >= 15 is 0 Å². The molecule has 0 radical (unpaired) electrons. The quantitative estimate of drug-likeness (QED) is 0.274. The molecule has 0 amide bonds. The average molecular weight is 272 g/mol. The molecule has 0 saturated carbocycles. The summed E-state index contributed by atoms with van der Waals surface area (Å²) in [4.78, 5) is 21.7. The van der Waals surface area contributed by atoms with Gasteiger partial charge in [-0.15, -0.1) is 0 Å². The molecule has 7 heteroatoms. The van der Waals surface area contributed by atoms with Gasteiger partial charge in [-0.3, -0.25) is 4.79 Å². The van der Waals surface area contributed by atoms with E-state index in [1.54, 1.807) is 0 Å². The number of rotatable bonds is 9. The summed E-state index contributed by atoms with van der Waals surface area (Å²) in [5.74, 6) is -2.16. The van der Waals surface area contributed by atoms with Crippen LogP contribution in [0.25, 0.3) is 0 Å². The summed E-state index contributed by atoms with van der Waals surface area (Å²) in [7, 11) is -2.34. The van der Waals surface area contributed by atoms with Crippen LogP contribution < -0.4 is 34.7 Å². The summed E-state index contributed by atoms with van der Waals surface area (Å²) in [5.41, 5.74) is -0.467. The zero-order valence-electron chi connectivity index (χ0n) is 10.4. The van der Waals surface area contributed by atoms with Gasteiger partial charge in [0.15, 0.2) is 5.52 Å². The summed E-state index contributed by atoms with van der Waals surface area (Å²) >= 11 is 0. The van der Waals surface area contributed by atoms with Crippen molar-refractivity contribution in [1.82, 2.24) is 0 Å². The molecule has 0 aliphatic heterocycles. The van der Waals surface area contributed by atoms with Crippen molar-refractivity contribution >= 4 is 19.3 Å². The summed E-state index contributed by atoms with van der Waals surface area (Å²) in [5, 5.41) is 18.9. The van der Waals surface area contributed by atoms with Crippen LogP contribution in [0, 0.1) is 5.92 Å². The summed E-state index contributed by atoms with van der Waals surface area (Å²) in [6, 6.07) is 0. The first-order chi connectivity index (χ1) is 7.49. The molecule has 0 bridgehead atoms. The van der Waals surface area contributed by atoms with Crippen LogP contribution in [0.3, 0.4) is 0 Å². The Kier molecular flexibility index (Phi) is 13.2. The third-order valence-electron chi connectivity index (χ3n) is 2.27. The van der Waals surface area contributed by atoms with E-state index in [0.29, 0.717) is 19.0 Å². The zero-order chi connectivity index (χ0) is 12.6. The minimum absolute atomic E-state index is 0. The number of carbonyl (C=O) groups excluding carboxylic acids is 2. The topological polar surface area (TPSA) is 94.5 Å². The second-order valence-corrected chi connectivity index (χ2v) is 5.71. The number of carbonyl (C=O) groups is 2. The Balaban J connectivity index is 0. The molecule has 0 aromatic heterocycles. The van der Waals surface area contributed by atoms with E-state index in [1.165, 1.54) is 6.92 Å². The van der Waals surface area contributed by atoms with Gasteiger partial charge in [0.05, 0.1) is 0 Å². The van der Waals surface area contributed by atoms with Crippen molar-refractivity contribution in [3.05, 3.63) is 0 Å². The molecule has 2 atom stereocenters. The smallest absolute Gasteiger partial charge is 0.550 e. The van der Waals surface area contributed by atoms with E-state index in [4.69, 9.17) is 5.11 Å². The van der Waals surface area contributed by atoms with Crippen LogP contribution in [0.5, 0.6) is 0 Å². The van der Waals surface area contributed by atoms with Gasteiger partial charge in [0.1, 0.15) is 7.80 Å². The maximum atomic E-state index is 11.4. The van der Waals surface area contributed by atoms with Crippen LogP contribution >= 0.6 is 7.80 Å². The fourth-order valence-corrected chi connectivity index (χ4v) is 2.57. The minimum atomic E-state index is -2.34. The van der Waals surface area contributed by atoms with Crippen LogP contribution in [0.2, 0.25) is 0 Å². The van der Waals surface area contributed by atoms with E-state index < -0.39 is 25.2 Å². The Morgan fingerprint density at radius 1 is 1.29 bits per heavy atom. The van der Waals surface area contributed by atoms with Gasteiger partial charge in [-0.25, -0.2) is 0 Å². The van der Waals surface area contributed by atoms with Gasteiger partial charge < -0.3 is 19.6 Å². The molecule has 17 heavy (non-hydrogen) atoms. The van der Waals surface area contributed by atoms with Crippen LogP contribution in [-0.2, 0) is 14.2 Å². The van der Waals surface area contributed by atoms with Crippen molar-refractivity contribution in [3.63, 3.8) is 0 Å². The van der Waals surface area contributed by atoms with E-state index in [-0.39, 0.29) is 42.6 Å². The number of hydrogen-bond acceptors (Lipinski definition) is 5. The van der Waals surface area contributed by atoms with Crippen LogP contribution in [0.15, 0.2) is 0 Å². The maximum Gasteiger partial charge on any atom is 1.00 e. The Morgan fingerprint density at radius 2 is 1.88 bits per heavy atom. The second kappa shape index (κ2) is 11.4. The second-order valence-electron chi connectivity index (χ2n) is 3.80. The standard InChI is InChI=1S/C10H19O5P.Na/c1-8(10(13)14)7-9(12)16(15)6-4-2-3-5-11;/h8,11,16H,2-7H2,1H3,(H,13,14);/q;+1/p-1. The van der Waals surface area contributed by atoms with Crippen LogP contribution in [-0.4, -0.2) is 29.4 Å². The van der Waals surface area contributed by atoms with E-state index in [2.05, 4.69) is 0 Å². The molecule has 0 heterocycles. The number of unbranched alkanes of at least 4 members (excludes halogenated alkanes) is 2. The van der Waals surface area contributed by atoms with Crippen molar-refractivity contribution in [2.45, 2.75) is 32.6 Å². The monoisotopic (exact) mass is 272 g/mol. The van der Waals surface area contributed by atoms with Gasteiger partial charge in [-0.2, -0.15) is 0 Å². The van der Waals surface area contributed by atoms with E-state index in [1.807, 2.05) is 0 Å². The van der Waals surface area contributed by atoms with Gasteiger partial charge in [0.2, 0.25) is 0 Å². The molecule has 2 unspecified atom stereocenters. The number of aliphatic carboxylic acids is 1. The first-order valence-electron chi connectivity index (χ1n) is 5.36. The summed E-state index contributed by atoms with van der Waals surface area (Å²) < 4.78 is 11.4. The predicted molar refractivity (Wildman–Crippen MR) is 58.6 cm³/mol. The first-order valence-corrected chi connectivity index (χ1v) is 6.98. The molecule has 0 aliphatic carbocycles. The largest absolute Gasteiger partial charge is 1.00 e. The van der Waals surface area contributed by atoms with Gasteiger partial charge in [0, 0.05) is 31.1 Å². The van der Waals surface area contributed by atoms with Gasteiger partial charge in [-0.05, 0) is 12.8 Å². The molecule has 0 fully saturated rings. The van der Waals surface area contributed by atoms with E-state index in [9.17, 15) is 19.3 Å². The maximum absolute atomic E-state index is 11.4.